The van der Waals surface area contributed by atoms with Crippen LogP contribution in [0.4, 0.5) is 11.4 Å². The van der Waals surface area contributed by atoms with Crippen LogP contribution in [0.2, 0.25) is 0 Å². The number of carbonyl (C=O) groups is 2. The summed E-state index contributed by atoms with van der Waals surface area (Å²) in [5.74, 6) is -0.345. The fourth-order valence-electron chi connectivity index (χ4n) is 5.25. The minimum Gasteiger partial charge on any atom is -0.463 e. The number of anilines is 1. The van der Waals surface area contributed by atoms with Crippen molar-refractivity contribution in [2.45, 2.75) is 38.5 Å². The van der Waals surface area contributed by atoms with E-state index < -0.39 is 23.1 Å². The zero-order chi connectivity index (χ0) is 28.5. The zero-order valence-corrected chi connectivity index (χ0v) is 22.7. The second kappa shape index (κ2) is 10.4. The van der Waals surface area contributed by atoms with Gasteiger partial charge in [0.25, 0.3) is 0 Å². The average Bonchev–Trinajstić information content (AvgIpc) is 3.13. The fraction of sp³-hybridized carbons (Fsp3) is 0.250. The van der Waals surface area contributed by atoms with E-state index in [-0.39, 0.29) is 18.8 Å². The van der Waals surface area contributed by atoms with Gasteiger partial charge in [-0.05, 0) is 85.6 Å². The monoisotopic (exact) mass is 538 g/mol. The first-order valence-corrected chi connectivity index (χ1v) is 13.0. The Morgan fingerprint density at radius 1 is 1.00 bits per heavy atom. The molecular weight excluding hydrogens is 508 g/mol. The van der Waals surface area contributed by atoms with Crippen LogP contribution in [-0.4, -0.2) is 30.9 Å². The van der Waals surface area contributed by atoms with Crippen LogP contribution in [0.5, 0.6) is 5.75 Å². The molecule has 204 valence electrons. The van der Waals surface area contributed by atoms with Crippen molar-refractivity contribution in [2.75, 3.05) is 18.1 Å². The molecule has 3 aromatic rings. The van der Waals surface area contributed by atoms with E-state index in [9.17, 15) is 14.5 Å². The molecule has 1 atom stereocenters. The Morgan fingerprint density at radius 2 is 1.73 bits per heavy atom. The van der Waals surface area contributed by atoms with Crippen molar-refractivity contribution in [3.63, 3.8) is 0 Å². The summed E-state index contributed by atoms with van der Waals surface area (Å²) in [5.41, 5.74) is 3.76. The van der Waals surface area contributed by atoms with Crippen LogP contribution in [0.1, 0.15) is 47.8 Å². The van der Waals surface area contributed by atoms with Crippen molar-refractivity contribution in [1.29, 1.82) is 0 Å². The van der Waals surface area contributed by atoms with E-state index in [0.717, 1.165) is 22.4 Å². The fourth-order valence-corrected chi connectivity index (χ4v) is 5.25. The maximum absolute atomic E-state index is 12.5. The minimum absolute atomic E-state index is 0.0363. The Balaban J connectivity index is 1.37. The minimum atomic E-state index is -0.835. The van der Waals surface area contributed by atoms with Gasteiger partial charge < -0.3 is 19.1 Å². The maximum atomic E-state index is 12.5. The summed E-state index contributed by atoms with van der Waals surface area (Å²) in [6.45, 7) is 9.83. The summed E-state index contributed by atoms with van der Waals surface area (Å²) in [4.78, 5) is 37.2. The van der Waals surface area contributed by atoms with E-state index >= 15 is 0 Å². The third-order valence-corrected chi connectivity index (χ3v) is 7.45. The van der Waals surface area contributed by atoms with Gasteiger partial charge in [-0.15, -0.1) is 4.91 Å². The Morgan fingerprint density at radius 3 is 2.45 bits per heavy atom. The number of para-hydroxylation sites is 1. The molecule has 1 spiro atoms. The van der Waals surface area contributed by atoms with Crippen LogP contribution in [-0.2, 0) is 26.2 Å². The molecular formula is C32H30N2O6. The van der Waals surface area contributed by atoms with Gasteiger partial charge in [0.05, 0.1) is 11.0 Å². The molecule has 0 radical (unpaired) electrons. The molecule has 0 N–H and O–H groups in total. The lowest BCUT2D eigenvalue weighted by Crippen LogP contribution is -2.59. The van der Waals surface area contributed by atoms with E-state index in [1.165, 1.54) is 0 Å². The maximum Gasteiger partial charge on any atom is 0.338 e. The SMILES string of the molecule is C=C(C)C(=O)OCCOC(=O)c1ccc(CN2c3ccccc3C(C)(C)C23C=Cc2cc(N=O)ccc2O3)cc1. The van der Waals surface area contributed by atoms with Crippen molar-refractivity contribution in [2.24, 2.45) is 5.18 Å². The van der Waals surface area contributed by atoms with Gasteiger partial charge in [0, 0.05) is 23.4 Å². The van der Waals surface area contributed by atoms with Gasteiger partial charge in [0.1, 0.15) is 24.7 Å². The number of hydrogen-bond acceptors (Lipinski definition) is 8. The topological polar surface area (TPSA) is 94.5 Å². The van der Waals surface area contributed by atoms with E-state index in [0.29, 0.717) is 23.5 Å². The molecule has 1 unspecified atom stereocenters. The first-order chi connectivity index (χ1) is 19.2. The molecule has 0 amide bonds. The van der Waals surface area contributed by atoms with E-state index in [1.54, 1.807) is 37.3 Å². The number of carbonyl (C=O) groups excluding carboxylic acids is 2. The van der Waals surface area contributed by atoms with Crippen molar-refractivity contribution < 1.29 is 23.8 Å². The lowest BCUT2D eigenvalue weighted by molar-refractivity contribution is -0.140. The van der Waals surface area contributed by atoms with Crippen LogP contribution in [0, 0.1) is 4.91 Å². The number of nitroso groups, excluding NO2 is 1. The van der Waals surface area contributed by atoms with Gasteiger partial charge in [0.15, 0.2) is 0 Å². The molecule has 2 aliphatic heterocycles. The molecule has 8 heteroatoms. The van der Waals surface area contributed by atoms with Crippen molar-refractivity contribution >= 4 is 29.4 Å². The molecule has 3 aromatic carbocycles. The number of fused-ring (bicyclic) bond motifs is 2. The number of hydrogen-bond donors (Lipinski definition) is 0. The smallest absolute Gasteiger partial charge is 0.338 e. The van der Waals surface area contributed by atoms with Gasteiger partial charge in [0.2, 0.25) is 5.72 Å². The predicted octanol–water partition coefficient (Wildman–Crippen LogP) is 6.46. The van der Waals surface area contributed by atoms with Gasteiger partial charge in [-0.25, -0.2) is 9.59 Å². The van der Waals surface area contributed by atoms with E-state index in [4.69, 9.17) is 14.2 Å². The number of rotatable bonds is 8. The molecule has 2 aliphatic rings. The lowest BCUT2D eigenvalue weighted by Gasteiger charge is -2.47. The van der Waals surface area contributed by atoms with E-state index in [1.807, 2.05) is 30.3 Å². The predicted molar refractivity (Wildman–Crippen MR) is 152 cm³/mol. The van der Waals surface area contributed by atoms with Crippen molar-refractivity contribution in [3.8, 4) is 5.75 Å². The molecule has 0 fully saturated rings. The highest BCUT2D eigenvalue weighted by Gasteiger charge is 2.58. The summed E-state index contributed by atoms with van der Waals surface area (Å²) in [6, 6.07) is 20.6. The molecule has 0 aromatic heterocycles. The number of esters is 2. The molecule has 0 aliphatic carbocycles. The zero-order valence-electron chi connectivity index (χ0n) is 22.7. The van der Waals surface area contributed by atoms with E-state index in [2.05, 4.69) is 48.7 Å². The van der Waals surface area contributed by atoms with Gasteiger partial charge in [-0.3, -0.25) is 0 Å². The van der Waals surface area contributed by atoms with Gasteiger partial charge in [-0.2, -0.15) is 0 Å². The number of ether oxygens (including phenoxy) is 3. The summed E-state index contributed by atoms with van der Waals surface area (Å²) < 4.78 is 17.0. The summed E-state index contributed by atoms with van der Waals surface area (Å²) in [7, 11) is 0. The van der Waals surface area contributed by atoms with Crippen molar-refractivity contribution in [3.05, 3.63) is 112 Å². The normalized spacial score (nSPS) is 17.9. The molecule has 2 heterocycles. The Hall–Kier alpha value is -4.72. The largest absolute Gasteiger partial charge is 0.463 e. The Kier molecular flexibility index (Phi) is 7.02. The molecule has 40 heavy (non-hydrogen) atoms. The number of benzene rings is 3. The highest BCUT2D eigenvalue weighted by atomic mass is 16.6. The van der Waals surface area contributed by atoms with Gasteiger partial charge in [-0.1, -0.05) is 36.9 Å². The highest BCUT2D eigenvalue weighted by Crippen LogP contribution is 2.55. The lowest BCUT2D eigenvalue weighted by atomic mass is 9.76. The average molecular weight is 539 g/mol. The summed E-state index contributed by atoms with van der Waals surface area (Å²) >= 11 is 0. The third-order valence-electron chi connectivity index (χ3n) is 7.45. The second-order valence-electron chi connectivity index (χ2n) is 10.4. The number of nitrogens with zero attached hydrogens (tertiary/aromatic N) is 2. The molecule has 8 nitrogen and oxygen atoms in total. The second-order valence-corrected chi connectivity index (χ2v) is 10.4. The standard InChI is InChI=1S/C32H30N2O6/c1-21(2)29(35)38-17-18-39-30(36)23-11-9-22(10-12-23)20-34-27-8-6-5-7-26(27)31(3,4)32(34)16-15-24-19-25(33-37)13-14-28(24)40-32/h5-16,19H,1,17-18,20H2,2-4H3. The molecule has 0 saturated carbocycles. The first-order valence-electron chi connectivity index (χ1n) is 13.0. The quantitative estimate of drug-likeness (QED) is 0.141. The third kappa shape index (κ3) is 4.66. The van der Waals surface area contributed by atoms with Crippen LogP contribution >= 0.6 is 0 Å². The van der Waals surface area contributed by atoms with Crippen molar-refractivity contribution in [1.82, 2.24) is 0 Å². The van der Waals surface area contributed by atoms with Crippen LogP contribution in [0.25, 0.3) is 6.08 Å². The Labute approximate surface area is 232 Å². The van der Waals surface area contributed by atoms with Crippen LogP contribution in [0.3, 0.4) is 0 Å². The Bertz CT molecular complexity index is 1520. The molecule has 5 rings (SSSR count). The van der Waals surface area contributed by atoms with Crippen LogP contribution < -0.4 is 9.64 Å². The summed E-state index contributed by atoms with van der Waals surface area (Å²) in [5, 5.41) is 3.05. The molecule has 0 bridgehead atoms. The van der Waals surface area contributed by atoms with Crippen LogP contribution in [0.15, 0.2) is 90.1 Å². The summed E-state index contributed by atoms with van der Waals surface area (Å²) in [6.07, 6.45) is 4.04. The van der Waals surface area contributed by atoms with Gasteiger partial charge >= 0.3 is 11.9 Å². The molecule has 0 saturated heterocycles. The highest BCUT2D eigenvalue weighted by molar-refractivity contribution is 5.89. The first kappa shape index (κ1) is 26.9.